The number of fused-ring (bicyclic) bond motifs is 1. The molecular weight excluding hydrogens is 394 g/mol. The standard InChI is InChI=1S/C25H27NO5/c1-16(19-7-8-21-14-23(30-4)12-9-20(21)13-19)25(28)31-17(2)24(27)26-15-18-5-10-22(29-3)11-6-18/h5-14,16-17H,15H2,1-4H3,(H,26,27)/t16-,17-/m0/s1. The first-order chi connectivity index (χ1) is 14.9. The van der Waals surface area contributed by atoms with Crippen LogP contribution in [0.3, 0.4) is 0 Å². The van der Waals surface area contributed by atoms with Crippen molar-refractivity contribution in [1.82, 2.24) is 5.32 Å². The Bertz CT molecular complexity index is 1060. The number of ether oxygens (including phenoxy) is 3. The van der Waals surface area contributed by atoms with E-state index in [0.717, 1.165) is 33.4 Å². The van der Waals surface area contributed by atoms with Crippen LogP contribution in [0.1, 0.15) is 30.9 Å². The molecule has 0 aliphatic heterocycles. The molecule has 0 bridgehead atoms. The predicted molar refractivity (Wildman–Crippen MR) is 119 cm³/mol. The largest absolute Gasteiger partial charge is 0.497 e. The van der Waals surface area contributed by atoms with Crippen LogP contribution in [0.5, 0.6) is 11.5 Å². The van der Waals surface area contributed by atoms with Gasteiger partial charge in [-0.05, 0) is 60.0 Å². The Morgan fingerprint density at radius 3 is 2.13 bits per heavy atom. The average molecular weight is 421 g/mol. The minimum absolute atomic E-state index is 0.342. The lowest BCUT2D eigenvalue weighted by Crippen LogP contribution is -2.36. The van der Waals surface area contributed by atoms with Crippen molar-refractivity contribution in [3.8, 4) is 11.5 Å². The van der Waals surface area contributed by atoms with Crippen LogP contribution < -0.4 is 14.8 Å². The normalized spacial score (nSPS) is 12.6. The Hall–Kier alpha value is -3.54. The summed E-state index contributed by atoms with van der Waals surface area (Å²) in [5.74, 6) is 0.242. The van der Waals surface area contributed by atoms with Crippen LogP contribution >= 0.6 is 0 Å². The molecule has 0 aromatic heterocycles. The molecule has 0 unspecified atom stereocenters. The van der Waals surface area contributed by atoms with E-state index in [1.165, 1.54) is 0 Å². The summed E-state index contributed by atoms with van der Waals surface area (Å²) in [6, 6.07) is 18.9. The summed E-state index contributed by atoms with van der Waals surface area (Å²) in [5.41, 5.74) is 1.75. The summed E-state index contributed by atoms with van der Waals surface area (Å²) in [6.45, 7) is 3.68. The number of hydrogen-bond acceptors (Lipinski definition) is 5. The molecule has 0 radical (unpaired) electrons. The SMILES string of the molecule is COc1ccc(CNC(=O)[C@H](C)OC(=O)[C@@H](C)c2ccc3cc(OC)ccc3c2)cc1. The summed E-state index contributed by atoms with van der Waals surface area (Å²) >= 11 is 0. The Morgan fingerprint density at radius 2 is 1.45 bits per heavy atom. The molecule has 6 nitrogen and oxygen atoms in total. The highest BCUT2D eigenvalue weighted by molar-refractivity contribution is 5.88. The van der Waals surface area contributed by atoms with Crippen LogP contribution in [0.4, 0.5) is 0 Å². The van der Waals surface area contributed by atoms with E-state index in [2.05, 4.69) is 5.32 Å². The summed E-state index contributed by atoms with van der Waals surface area (Å²) in [7, 11) is 3.23. The number of methoxy groups -OCH3 is 2. The summed E-state index contributed by atoms with van der Waals surface area (Å²) in [4.78, 5) is 24.9. The lowest BCUT2D eigenvalue weighted by atomic mass is 9.98. The monoisotopic (exact) mass is 421 g/mol. The highest BCUT2D eigenvalue weighted by atomic mass is 16.5. The zero-order chi connectivity index (χ0) is 22.4. The van der Waals surface area contributed by atoms with Gasteiger partial charge in [0, 0.05) is 6.54 Å². The van der Waals surface area contributed by atoms with E-state index >= 15 is 0 Å². The second-order valence-electron chi connectivity index (χ2n) is 7.34. The molecule has 1 N–H and O–H groups in total. The number of esters is 1. The van der Waals surface area contributed by atoms with E-state index in [1.54, 1.807) is 28.1 Å². The van der Waals surface area contributed by atoms with Gasteiger partial charge in [0.25, 0.3) is 5.91 Å². The third-order valence-corrected chi connectivity index (χ3v) is 5.21. The van der Waals surface area contributed by atoms with Gasteiger partial charge < -0.3 is 19.5 Å². The smallest absolute Gasteiger partial charge is 0.313 e. The van der Waals surface area contributed by atoms with Gasteiger partial charge in [0.1, 0.15) is 11.5 Å². The molecular formula is C25H27NO5. The molecule has 31 heavy (non-hydrogen) atoms. The first-order valence-corrected chi connectivity index (χ1v) is 10.1. The van der Waals surface area contributed by atoms with Gasteiger partial charge in [-0.3, -0.25) is 9.59 Å². The topological polar surface area (TPSA) is 73.9 Å². The van der Waals surface area contributed by atoms with Gasteiger partial charge in [-0.1, -0.05) is 36.4 Å². The maximum atomic E-state index is 12.6. The fraction of sp³-hybridized carbons (Fsp3) is 0.280. The molecule has 0 aliphatic carbocycles. The van der Waals surface area contributed by atoms with Crippen LogP contribution in [0, 0.1) is 0 Å². The van der Waals surface area contributed by atoms with Crippen molar-refractivity contribution in [2.45, 2.75) is 32.4 Å². The molecule has 0 aliphatic rings. The van der Waals surface area contributed by atoms with Gasteiger partial charge in [-0.2, -0.15) is 0 Å². The van der Waals surface area contributed by atoms with Gasteiger partial charge in [0.2, 0.25) is 0 Å². The number of amides is 1. The number of benzene rings is 3. The van der Waals surface area contributed by atoms with Crippen molar-refractivity contribution >= 4 is 22.6 Å². The summed E-state index contributed by atoms with van der Waals surface area (Å²) in [6.07, 6.45) is -0.891. The zero-order valence-corrected chi connectivity index (χ0v) is 18.2. The van der Waals surface area contributed by atoms with E-state index in [4.69, 9.17) is 14.2 Å². The molecule has 0 spiro atoms. The fourth-order valence-electron chi connectivity index (χ4n) is 3.18. The van der Waals surface area contributed by atoms with Gasteiger partial charge in [-0.15, -0.1) is 0 Å². The van der Waals surface area contributed by atoms with E-state index in [1.807, 2.05) is 60.7 Å². The highest BCUT2D eigenvalue weighted by Crippen LogP contribution is 2.26. The van der Waals surface area contributed by atoms with E-state index in [-0.39, 0.29) is 5.91 Å². The van der Waals surface area contributed by atoms with Gasteiger partial charge in [0.15, 0.2) is 6.10 Å². The Kier molecular flexibility index (Phi) is 7.13. The minimum atomic E-state index is -0.891. The molecule has 0 saturated heterocycles. The maximum Gasteiger partial charge on any atom is 0.313 e. The molecule has 162 valence electrons. The molecule has 6 heteroatoms. The van der Waals surface area contributed by atoms with Crippen LogP contribution in [-0.4, -0.2) is 32.2 Å². The minimum Gasteiger partial charge on any atom is -0.497 e. The van der Waals surface area contributed by atoms with E-state index in [0.29, 0.717) is 6.54 Å². The lowest BCUT2D eigenvalue weighted by Gasteiger charge is -2.17. The van der Waals surface area contributed by atoms with Crippen LogP contribution in [0.15, 0.2) is 60.7 Å². The van der Waals surface area contributed by atoms with Crippen molar-refractivity contribution < 1.29 is 23.8 Å². The number of rotatable bonds is 8. The number of hydrogen-bond donors (Lipinski definition) is 1. The Labute approximate surface area is 182 Å². The van der Waals surface area contributed by atoms with Crippen molar-refractivity contribution in [3.05, 3.63) is 71.8 Å². The number of carbonyl (C=O) groups excluding carboxylic acids is 2. The predicted octanol–water partition coefficient (Wildman–Crippen LogP) is 4.21. The third-order valence-electron chi connectivity index (χ3n) is 5.21. The molecule has 0 fully saturated rings. The maximum absolute atomic E-state index is 12.6. The fourth-order valence-corrected chi connectivity index (χ4v) is 3.18. The first-order valence-electron chi connectivity index (χ1n) is 10.1. The first kappa shape index (κ1) is 22.2. The zero-order valence-electron chi connectivity index (χ0n) is 18.2. The number of nitrogens with one attached hydrogen (secondary N) is 1. The van der Waals surface area contributed by atoms with Crippen molar-refractivity contribution in [2.75, 3.05) is 14.2 Å². The molecule has 3 aromatic carbocycles. The second kappa shape index (κ2) is 9.98. The van der Waals surface area contributed by atoms with Gasteiger partial charge in [-0.25, -0.2) is 0 Å². The van der Waals surface area contributed by atoms with Crippen molar-refractivity contribution in [1.29, 1.82) is 0 Å². The number of carbonyl (C=O) groups is 2. The molecule has 1 amide bonds. The molecule has 0 saturated carbocycles. The Balaban J connectivity index is 1.57. The Morgan fingerprint density at radius 1 is 0.839 bits per heavy atom. The molecule has 3 aromatic rings. The third kappa shape index (κ3) is 5.54. The average Bonchev–Trinajstić information content (AvgIpc) is 2.81. The van der Waals surface area contributed by atoms with Gasteiger partial charge in [0.05, 0.1) is 20.1 Å². The van der Waals surface area contributed by atoms with Gasteiger partial charge >= 0.3 is 5.97 Å². The lowest BCUT2D eigenvalue weighted by molar-refractivity contribution is -0.156. The van der Waals surface area contributed by atoms with E-state index in [9.17, 15) is 9.59 Å². The van der Waals surface area contributed by atoms with Crippen LogP contribution in [-0.2, 0) is 20.9 Å². The second-order valence-corrected chi connectivity index (χ2v) is 7.34. The highest BCUT2D eigenvalue weighted by Gasteiger charge is 2.23. The molecule has 2 atom stereocenters. The molecule has 3 rings (SSSR count). The summed E-state index contributed by atoms with van der Waals surface area (Å²) in [5, 5.41) is 4.81. The quantitative estimate of drug-likeness (QED) is 0.552. The van der Waals surface area contributed by atoms with Crippen LogP contribution in [0.25, 0.3) is 10.8 Å². The molecule has 0 heterocycles. The summed E-state index contributed by atoms with van der Waals surface area (Å²) < 4.78 is 15.8. The van der Waals surface area contributed by atoms with Crippen LogP contribution in [0.2, 0.25) is 0 Å². The van der Waals surface area contributed by atoms with Crippen molar-refractivity contribution in [3.63, 3.8) is 0 Å². The van der Waals surface area contributed by atoms with Crippen molar-refractivity contribution in [2.24, 2.45) is 0 Å². The van der Waals surface area contributed by atoms with E-state index < -0.39 is 18.0 Å².